The Labute approximate surface area is 125 Å². The number of carbonyl (C=O) groups excluding carboxylic acids is 1. The molecule has 1 aliphatic rings. The third-order valence-corrected chi connectivity index (χ3v) is 3.54. The fourth-order valence-electron chi connectivity index (χ4n) is 1.76. The molecule has 2 amide bonds. The number of anilines is 1. The molecule has 19 heavy (non-hydrogen) atoms. The highest BCUT2D eigenvalue weighted by Gasteiger charge is 2.27. The maximum atomic E-state index is 12.1. The maximum absolute atomic E-state index is 12.1. The van der Waals surface area contributed by atoms with Gasteiger partial charge in [0.1, 0.15) is 6.54 Å². The number of amides is 2. The highest BCUT2D eigenvalue weighted by Crippen LogP contribution is 2.29. The van der Waals surface area contributed by atoms with Gasteiger partial charge in [-0.3, -0.25) is 4.79 Å². The van der Waals surface area contributed by atoms with Gasteiger partial charge in [-0.1, -0.05) is 6.07 Å². The minimum Gasteiger partial charge on any atom is -0.480 e. The molecule has 5 nitrogen and oxygen atoms in total. The predicted octanol–water partition coefficient (Wildman–Crippen LogP) is 2.62. The molecule has 0 heterocycles. The van der Waals surface area contributed by atoms with Gasteiger partial charge < -0.3 is 15.3 Å². The number of nitrogens with zero attached hydrogens (tertiary/aromatic N) is 1. The molecule has 1 aromatic rings. The topological polar surface area (TPSA) is 69.6 Å². The number of carbonyl (C=O) groups is 2. The summed E-state index contributed by atoms with van der Waals surface area (Å²) in [7, 11) is 0. The Kier molecular flexibility index (Phi) is 4.62. The van der Waals surface area contributed by atoms with Crippen molar-refractivity contribution < 1.29 is 14.7 Å². The van der Waals surface area contributed by atoms with E-state index < -0.39 is 5.97 Å². The molecule has 0 unspecified atom stereocenters. The highest BCUT2D eigenvalue weighted by atomic mass is 127. The van der Waals surface area contributed by atoms with Crippen LogP contribution in [0.1, 0.15) is 12.8 Å². The quantitative estimate of drug-likeness (QED) is 0.779. The second kappa shape index (κ2) is 6.23. The Balaban J connectivity index is 1.99. The standard InChI is InChI=1S/C13H15IN2O3/c14-10-2-1-3-11(6-10)15-13(19)16(8-12(17)18)7-9-4-5-9/h1-3,6,9H,4-5,7-8H2,(H,15,19)(H,17,18). The van der Waals surface area contributed by atoms with Gasteiger partial charge in [-0.05, 0) is 59.5 Å². The van der Waals surface area contributed by atoms with Crippen LogP contribution in [0.3, 0.4) is 0 Å². The fraction of sp³-hybridized carbons (Fsp3) is 0.385. The molecular weight excluding hydrogens is 359 g/mol. The average molecular weight is 374 g/mol. The molecule has 0 saturated heterocycles. The van der Waals surface area contributed by atoms with Crippen molar-refractivity contribution in [3.63, 3.8) is 0 Å². The summed E-state index contributed by atoms with van der Waals surface area (Å²) >= 11 is 2.16. The van der Waals surface area contributed by atoms with Crippen molar-refractivity contribution in [1.82, 2.24) is 4.90 Å². The molecule has 0 aromatic heterocycles. The lowest BCUT2D eigenvalue weighted by Gasteiger charge is -2.21. The van der Waals surface area contributed by atoms with Crippen molar-refractivity contribution in [2.45, 2.75) is 12.8 Å². The van der Waals surface area contributed by atoms with Crippen LogP contribution in [0, 0.1) is 9.49 Å². The number of urea groups is 1. The normalized spacial score (nSPS) is 13.9. The third kappa shape index (κ3) is 4.70. The molecule has 2 N–H and O–H groups in total. The summed E-state index contributed by atoms with van der Waals surface area (Å²) < 4.78 is 1.02. The molecule has 0 spiro atoms. The Morgan fingerprint density at radius 1 is 1.42 bits per heavy atom. The number of halogens is 1. The van der Waals surface area contributed by atoms with Crippen LogP contribution < -0.4 is 5.32 Å². The summed E-state index contributed by atoms with van der Waals surface area (Å²) in [4.78, 5) is 24.2. The van der Waals surface area contributed by atoms with E-state index in [0.29, 0.717) is 18.2 Å². The number of carboxylic acid groups (broad SMARTS) is 1. The number of benzene rings is 1. The second-order valence-corrected chi connectivity index (χ2v) is 5.90. The van der Waals surface area contributed by atoms with Gasteiger partial charge in [0.05, 0.1) is 0 Å². The molecule has 0 atom stereocenters. The molecule has 1 aliphatic carbocycles. The highest BCUT2D eigenvalue weighted by molar-refractivity contribution is 14.1. The average Bonchev–Trinajstić information content (AvgIpc) is 3.11. The molecule has 0 aliphatic heterocycles. The van der Waals surface area contributed by atoms with Crippen LogP contribution in [-0.4, -0.2) is 35.1 Å². The number of aliphatic carboxylic acids is 1. The Morgan fingerprint density at radius 3 is 2.74 bits per heavy atom. The zero-order valence-corrected chi connectivity index (χ0v) is 12.5. The first-order chi connectivity index (χ1) is 9.04. The summed E-state index contributed by atoms with van der Waals surface area (Å²) in [6.45, 7) is 0.258. The zero-order valence-electron chi connectivity index (χ0n) is 10.3. The summed E-state index contributed by atoms with van der Waals surface area (Å²) in [5, 5.41) is 11.6. The summed E-state index contributed by atoms with van der Waals surface area (Å²) in [6.07, 6.45) is 2.15. The minimum absolute atomic E-state index is 0.258. The van der Waals surface area contributed by atoms with E-state index in [4.69, 9.17) is 5.11 Å². The van der Waals surface area contributed by atoms with E-state index in [1.165, 1.54) is 4.90 Å². The van der Waals surface area contributed by atoms with Crippen LogP contribution in [0.5, 0.6) is 0 Å². The van der Waals surface area contributed by atoms with E-state index in [2.05, 4.69) is 27.9 Å². The summed E-state index contributed by atoms with van der Waals surface area (Å²) in [6, 6.07) is 7.05. The van der Waals surface area contributed by atoms with Gasteiger partial charge in [0, 0.05) is 15.8 Å². The van der Waals surface area contributed by atoms with E-state index in [0.717, 1.165) is 16.4 Å². The van der Waals surface area contributed by atoms with Gasteiger partial charge >= 0.3 is 12.0 Å². The number of carboxylic acids is 1. The van der Waals surface area contributed by atoms with Crippen LogP contribution in [0.15, 0.2) is 24.3 Å². The van der Waals surface area contributed by atoms with Crippen LogP contribution in [0.4, 0.5) is 10.5 Å². The second-order valence-electron chi connectivity index (χ2n) is 4.66. The first-order valence-electron chi connectivity index (χ1n) is 6.08. The molecule has 1 saturated carbocycles. The largest absolute Gasteiger partial charge is 0.480 e. The predicted molar refractivity (Wildman–Crippen MR) is 80.1 cm³/mol. The first-order valence-corrected chi connectivity index (χ1v) is 7.16. The third-order valence-electron chi connectivity index (χ3n) is 2.86. The van der Waals surface area contributed by atoms with Crippen molar-refractivity contribution >= 4 is 40.3 Å². The Hall–Kier alpha value is -1.31. The molecule has 0 radical (unpaired) electrons. The summed E-state index contributed by atoms with van der Waals surface area (Å²) in [5.41, 5.74) is 0.683. The van der Waals surface area contributed by atoms with Crippen molar-refractivity contribution in [3.8, 4) is 0 Å². The number of rotatable bonds is 5. The first kappa shape index (κ1) is 14.1. The smallest absolute Gasteiger partial charge is 0.323 e. The van der Waals surface area contributed by atoms with E-state index in [1.807, 2.05) is 18.2 Å². The SMILES string of the molecule is O=C(O)CN(CC1CC1)C(=O)Nc1cccc(I)c1. The molecule has 6 heteroatoms. The molecule has 102 valence electrons. The van der Waals surface area contributed by atoms with E-state index in [1.54, 1.807) is 6.07 Å². The number of hydrogen-bond acceptors (Lipinski definition) is 2. The van der Waals surface area contributed by atoms with Crippen LogP contribution in [-0.2, 0) is 4.79 Å². The van der Waals surface area contributed by atoms with Crippen LogP contribution in [0.25, 0.3) is 0 Å². The lowest BCUT2D eigenvalue weighted by Crippen LogP contribution is -2.40. The van der Waals surface area contributed by atoms with Gasteiger partial charge in [-0.2, -0.15) is 0 Å². The molecule has 0 bridgehead atoms. The van der Waals surface area contributed by atoms with Gasteiger partial charge in [0.25, 0.3) is 0 Å². The lowest BCUT2D eigenvalue weighted by molar-refractivity contribution is -0.137. The van der Waals surface area contributed by atoms with Gasteiger partial charge in [-0.25, -0.2) is 4.79 Å². The van der Waals surface area contributed by atoms with Crippen molar-refractivity contribution in [3.05, 3.63) is 27.8 Å². The van der Waals surface area contributed by atoms with Crippen LogP contribution in [0.2, 0.25) is 0 Å². The van der Waals surface area contributed by atoms with E-state index in [9.17, 15) is 9.59 Å². The number of hydrogen-bond donors (Lipinski definition) is 2. The minimum atomic E-state index is -0.988. The van der Waals surface area contributed by atoms with Gasteiger partial charge in [0.15, 0.2) is 0 Å². The Bertz CT molecular complexity index is 489. The van der Waals surface area contributed by atoms with E-state index in [-0.39, 0.29) is 12.6 Å². The molecule has 1 fully saturated rings. The summed E-state index contributed by atoms with van der Waals surface area (Å²) in [5.74, 6) is -0.528. The van der Waals surface area contributed by atoms with Crippen molar-refractivity contribution in [1.29, 1.82) is 0 Å². The zero-order chi connectivity index (χ0) is 13.8. The van der Waals surface area contributed by atoms with Gasteiger partial charge in [-0.15, -0.1) is 0 Å². The van der Waals surface area contributed by atoms with Crippen LogP contribution >= 0.6 is 22.6 Å². The van der Waals surface area contributed by atoms with Crippen molar-refractivity contribution in [2.75, 3.05) is 18.4 Å². The van der Waals surface area contributed by atoms with E-state index >= 15 is 0 Å². The van der Waals surface area contributed by atoms with Crippen molar-refractivity contribution in [2.24, 2.45) is 5.92 Å². The maximum Gasteiger partial charge on any atom is 0.323 e. The Morgan fingerprint density at radius 2 is 2.16 bits per heavy atom. The van der Waals surface area contributed by atoms with Gasteiger partial charge in [0.2, 0.25) is 0 Å². The lowest BCUT2D eigenvalue weighted by atomic mass is 10.3. The monoisotopic (exact) mass is 374 g/mol. The number of nitrogens with one attached hydrogen (secondary N) is 1. The molecule has 1 aromatic carbocycles. The fourth-order valence-corrected chi connectivity index (χ4v) is 2.31. The molecule has 2 rings (SSSR count). The molecular formula is C13H15IN2O3.